The van der Waals surface area contributed by atoms with Gasteiger partial charge in [-0.3, -0.25) is 9.59 Å². The van der Waals surface area contributed by atoms with Crippen molar-refractivity contribution in [3.8, 4) is 0 Å². The van der Waals surface area contributed by atoms with Crippen molar-refractivity contribution in [2.24, 2.45) is 5.41 Å². The molecule has 1 saturated heterocycles. The number of aryl methyl sites for hydroxylation is 1. The Balaban J connectivity index is 1.53. The van der Waals surface area contributed by atoms with Crippen LogP contribution in [0.4, 0.5) is 0 Å². The van der Waals surface area contributed by atoms with Crippen LogP contribution in [0.3, 0.4) is 0 Å². The van der Waals surface area contributed by atoms with Gasteiger partial charge < -0.3 is 10.1 Å². The van der Waals surface area contributed by atoms with E-state index in [-0.39, 0.29) is 30.1 Å². The average Bonchev–Trinajstić information content (AvgIpc) is 2.93. The van der Waals surface area contributed by atoms with E-state index in [0.29, 0.717) is 23.0 Å². The highest BCUT2D eigenvalue weighted by atomic mass is 35.5. The topological polar surface area (TPSA) is 55.4 Å². The molecule has 0 aromatic heterocycles. The molecular weight excluding hydrogens is 433 g/mol. The molecule has 1 saturated carbocycles. The lowest BCUT2D eigenvalue weighted by molar-refractivity contribution is -0.189. The van der Waals surface area contributed by atoms with Gasteiger partial charge in [0.1, 0.15) is 5.60 Å². The fraction of sp³-hybridized carbons (Fsp3) is 0.440. The fourth-order valence-electron chi connectivity index (χ4n) is 6.45. The summed E-state index contributed by atoms with van der Waals surface area (Å²) in [7, 11) is 0. The van der Waals surface area contributed by atoms with Gasteiger partial charge in [0.2, 0.25) is 5.91 Å². The third-order valence-corrected chi connectivity index (χ3v) is 7.88. The molecule has 6 heteroatoms. The Bertz CT molecular complexity index is 1080. The number of rotatable bonds is 3. The van der Waals surface area contributed by atoms with Crippen LogP contribution >= 0.6 is 23.2 Å². The van der Waals surface area contributed by atoms with Crippen molar-refractivity contribution < 1.29 is 14.3 Å². The summed E-state index contributed by atoms with van der Waals surface area (Å²) in [6, 6.07) is 11.5. The lowest BCUT2D eigenvalue weighted by atomic mass is 9.56. The van der Waals surface area contributed by atoms with E-state index in [4.69, 9.17) is 27.9 Å². The van der Waals surface area contributed by atoms with Crippen molar-refractivity contribution in [3.63, 3.8) is 0 Å². The number of nitrogens with one attached hydrogen (secondary N) is 1. The van der Waals surface area contributed by atoms with E-state index in [1.54, 1.807) is 18.2 Å². The molecule has 3 aliphatic rings. The first kappa shape index (κ1) is 20.8. The predicted octanol–water partition coefficient (Wildman–Crippen LogP) is 5.67. The van der Waals surface area contributed by atoms with Gasteiger partial charge in [0, 0.05) is 22.0 Å². The maximum Gasteiger partial charge on any atom is 0.306 e. The molecule has 4 nitrogen and oxygen atoms in total. The van der Waals surface area contributed by atoms with Crippen molar-refractivity contribution in [2.45, 2.75) is 63.5 Å². The first-order valence-electron chi connectivity index (χ1n) is 10.7. The first-order valence-corrected chi connectivity index (χ1v) is 11.5. The van der Waals surface area contributed by atoms with Gasteiger partial charge >= 0.3 is 5.97 Å². The van der Waals surface area contributed by atoms with Gasteiger partial charge in [0.25, 0.3) is 0 Å². The SMILES string of the molecule is Cc1cccc2c1[C@H](C(=O)NCc1cc(Cl)cc(Cl)c1)[C@@]13CC(=O)O[C@@](C)(CC[C@@H]21)C3. The number of hydrogen-bond acceptors (Lipinski definition) is 3. The molecular formula is C25H25Cl2NO3. The van der Waals surface area contributed by atoms with Crippen LogP contribution in [0, 0.1) is 12.3 Å². The summed E-state index contributed by atoms with van der Waals surface area (Å²) in [5, 5.41) is 4.19. The van der Waals surface area contributed by atoms with Gasteiger partial charge in [-0.15, -0.1) is 0 Å². The molecule has 2 aromatic rings. The first-order chi connectivity index (χ1) is 14.7. The lowest BCUT2D eigenvalue weighted by Crippen LogP contribution is -2.54. The second kappa shape index (κ2) is 7.25. The van der Waals surface area contributed by atoms with E-state index in [2.05, 4.69) is 30.4 Å². The number of esters is 1. The second-order valence-corrected chi connectivity index (χ2v) is 10.5. The van der Waals surface area contributed by atoms with E-state index < -0.39 is 11.0 Å². The fourth-order valence-corrected chi connectivity index (χ4v) is 7.02. The standard InChI is InChI=1S/C25H25Cl2NO3/c1-14-4-3-5-18-19-6-7-24(2)13-25(19,11-20(29)31-24)22(21(14)18)23(30)28-12-15-8-16(26)10-17(27)9-15/h3-5,8-10,19,22H,6-7,11-13H2,1-2H3,(H,28,30)/t19-,22+,24-,25+/m0/s1. The van der Waals surface area contributed by atoms with Crippen LogP contribution in [0.5, 0.6) is 0 Å². The van der Waals surface area contributed by atoms with Gasteiger partial charge in [-0.1, -0.05) is 41.4 Å². The Kier molecular flexibility index (Phi) is 4.87. The largest absolute Gasteiger partial charge is 0.459 e. The highest BCUT2D eigenvalue weighted by molar-refractivity contribution is 6.34. The van der Waals surface area contributed by atoms with Crippen molar-refractivity contribution in [3.05, 3.63) is 68.7 Å². The number of carbonyl (C=O) groups excluding carboxylic acids is 2. The molecule has 1 aliphatic heterocycles. The number of halogens is 2. The number of benzene rings is 2. The quantitative estimate of drug-likeness (QED) is 0.603. The molecule has 0 radical (unpaired) electrons. The van der Waals surface area contributed by atoms with Crippen LogP contribution in [0.25, 0.3) is 0 Å². The van der Waals surface area contributed by atoms with Crippen molar-refractivity contribution >= 4 is 35.1 Å². The minimum atomic E-state index is -0.499. The normalized spacial score (nSPS) is 30.9. The Morgan fingerprint density at radius 1 is 1.23 bits per heavy atom. The van der Waals surface area contributed by atoms with Crippen LogP contribution < -0.4 is 5.32 Å². The third-order valence-electron chi connectivity index (χ3n) is 7.44. The van der Waals surface area contributed by atoms with Gasteiger partial charge in [0.15, 0.2) is 0 Å². The molecule has 5 rings (SSSR count). The van der Waals surface area contributed by atoms with Crippen molar-refractivity contribution in [1.82, 2.24) is 5.32 Å². The monoisotopic (exact) mass is 457 g/mol. The molecule has 2 bridgehead atoms. The molecule has 4 atom stereocenters. The highest BCUT2D eigenvalue weighted by Gasteiger charge is 2.64. The molecule has 1 N–H and O–H groups in total. The van der Waals surface area contributed by atoms with E-state index in [1.807, 2.05) is 6.92 Å². The third kappa shape index (κ3) is 3.35. The molecule has 2 aromatic carbocycles. The van der Waals surface area contributed by atoms with Crippen molar-refractivity contribution in [1.29, 1.82) is 0 Å². The summed E-state index contributed by atoms with van der Waals surface area (Å²) in [6.07, 6.45) is 2.75. The minimum Gasteiger partial charge on any atom is -0.459 e. The summed E-state index contributed by atoms with van der Waals surface area (Å²) in [5.41, 5.74) is 3.33. The van der Waals surface area contributed by atoms with E-state index in [0.717, 1.165) is 29.5 Å². The molecule has 0 unspecified atom stereocenters. The molecule has 1 heterocycles. The Morgan fingerprint density at radius 3 is 2.71 bits per heavy atom. The summed E-state index contributed by atoms with van der Waals surface area (Å²) in [4.78, 5) is 26.4. The maximum absolute atomic E-state index is 13.7. The summed E-state index contributed by atoms with van der Waals surface area (Å²) in [5.74, 6) is -0.424. The predicted molar refractivity (Wildman–Crippen MR) is 120 cm³/mol. The Labute approximate surface area is 192 Å². The van der Waals surface area contributed by atoms with Crippen LogP contribution in [0.1, 0.15) is 66.7 Å². The van der Waals surface area contributed by atoms with Crippen LogP contribution in [-0.2, 0) is 20.9 Å². The number of hydrogen-bond donors (Lipinski definition) is 1. The van der Waals surface area contributed by atoms with Gasteiger partial charge in [-0.05, 0) is 79.5 Å². The molecule has 1 amide bonds. The van der Waals surface area contributed by atoms with Crippen LogP contribution in [0.2, 0.25) is 10.0 Å². The Hall–Kier alpha value is -2.04. The van der Waals surface area contributed by atoms with Crippen LogP contribution in [-0.4, -0.2) is 17.5 Å². The summed E-state index contributed by atoms with van der Waals surface area (Å²) in [6.45, 7) is 4.41. The van der Waals surface area contributed by atoms with E-state index in [9.17, 15) is 9.59 Å². The molecule has 31 heavy (non-hydrogen) atoms. The molecule has 2 aliphatic carbocycles. The van der Waals surface area contributed by atoms with Gasteiger partial charge in [0.05, 0.1) is 12.3 Å². The summed E-state index contributed by atoms with van der Waals surface area (Å²) >= 11 is 12.2. The molecule has 1 spiro atoms. The van der Waals surface area contributed by atoms with Crippen LogP contribution in [0.15, 0.2) is 36.4 Å². The zero-order chi connectivity index (χ0) is 22.0. The minimum absolute atomic E-state index is 0.0481. The van der Waals surface area contributed by atoms with Crippen molar-refractivity contribution in [2.75, 3.05) is 0 Å². The second-order valence-electron chi connectivity index (χ2n) is 9.61. The average molecular weight is 458 g/mol. The number of fused-ring (bicyclic) bond motifs is 3. The van der Waals surface area contributed by atoms with E-state index >= 15 is 0 Å². The molecule has 2 fully saturated rings. The smallest absolute Gasteiger partial charge is 0.306 e. The van der Waals surface area contributed by atoms with E-state index in [1.165, 1.54) is 5.56 Å². The molecule has 162 valence electrons. The zero-order valence-corrected chi connectivity index (χ0v) is 19.1. The number of ether oxygens (including phenoxy) is 1. The number of carbonyl (C=O) groups is 2. The lowest BCUT2D eigenvalue weighted by Gasteiger charge is -2.53. The zero-order valence-electron chi connectivity index (χ0n) is 17.6. The van der Waals surface area contributed by atoms with Gasteiger partial charge in [-0.25, -0.2) is 0 Å². The highest BCUT2D eigenvalue weighted by Crippen LogP contribution is 2.67. The Morgan fingerprint density at radius 2 is 1.97 bits per heavy atom. The number of amides is 1. The summed E-state index contributed by atoms with van der Waals surface area (Å²) < 4.78 is 5.76. The van der Waals surface area contributed by atoms with Gasteiger partial charge in [-0.2, -0.15) is 0 Å². The maximum atomic E-state index is 13.7.